The number of morpholine rings is 1. The van der Waals surface area contributed by atoms with Gasteiger partial charge in [-0.3, -0.25) is 9.88 Å². The van der Waals surface area contributed by atoms with E-state index in [0.29, 0.717) is 0 Å². The van der Waals surface area contributed by atoms with Crippen molar-refractivity contribution in [2.75, 3.05) is 26.3 Å². The van der Waals surface area contributed by atoms with E-state index in [1.807, 2.05) is 24.3 Å². The Balaban J connectivity index is 1.96. The van der Waals surface area contributed by atoms with Gasteiger partial charge in [-0.1, -0.05) is 18.2 Å². The number of nitrogens with zero attached hydrogens (tertiary/aromatic N) is 2. The SMILES string of the molecule is Oc1cnc2ccccc2c1CN1CCOCC1. The zero-order chi connectivity index (χ0) is 12.4. The number of benzene rings is 1. The highest BCUT2D eigenvalue weighted by Gasteiger charge is 2.15. The summed E-state index contributed by atoms with van der Waals surface area (Å²) in [6.45, 7) is 4.11. The summed E-state index contributed by atoms with van der Waals surface area (Å²) >= 11 is 0. The largest absolute Gasteiger partial charge is 0.506 e. The Bertz CT molecular complexity index is 550. The second-order valence-electron chi connectivity index (χ2n) is 4.53. The first-order valence-corrected chi connectivity index (χ1v) is 6.20. The van der Waals surface area contributed by atoms with E-state index >= 15 is 0 Å². The number of aromatic hydroxyl groups is 1. The summed E-state index contributed by atoms with van der Waals surface area (Å²) in [6, 6.07) is 7.92. The quantitative estimate of drug-likeness (QED) is 0.874. The molecular weight excluding hydrogens is 228 g/mol. The van der Waals surface area contributed by atoms with Crippen molar-refractivity contribution >= 4 is 10.9 Å². The molecule has 0 unspecified atom stereocenters. The lowest BCUT2D eigenvalue weighted by molar-refractivity contribution is 0.0340. The Morgan fingerprint density at radius 1 is 1.22 bits per heavy atom. The number of hydrogen-bond acceptors (Lipinski definition) is 4. The molecule has 18 heavy (non-hydrogen) atoms. The summed E-state index contributed by atoms with van der Waals surface area (Å²) < 4.78 is 5.34. The minimum atomic E-state index is 0.278. The number of pyridine rings is 1. The highest BCUT2D eigenvalue weighted by atomic mass is 16.5. The van der Waals surface area contributed by atoms with Gasteiger partial charge >= 0.3 is 0 Å². The first-order chi connectivity index (χ1) is 8.84. The second-order valence-corrected chi connectivity index (χ2v) is 4.53. The van der Waals surface area contributed by atoms with Crippen molar-refractivity contribution in [1.29, 1.82) is 0 Å². The molecule has 1 aromatic carbocycles. The van der Waals surface area contributed by atoms with Gasteiger partial charge in [0.2, 0.25) is 0 Å². The number of fused-ring (bicyclic) bond motifs is 1. The van der Waals surface area contributed by atoms with Crippen LogP contribution in [0.25, 0.3) is 10.9 Å². The summed E-state index contributed by atoms with van der Waals surface area (Å²) in [5.74, 6) is 0.278. The van der Waals surface area contributed by atoms with Crippen LogP contribution < -0.4 is 0 Å². The maximum Gasteiger partial charge on any atom is 0.139 e. The van der Waals surface area contributed by atoms with Crippen LogP contribution in [0.15, 0.2) is 30.5 Å². The Morgan fingerprint density at radius 2 is 2.00 bits per heavy atom. The number of rotatable bonds is 2. The van der Waals surface area contributed by atoms with Crippen LogP contribution in [0.1, 0.15) is 5.56 Å². The summed E-state index contributed by atoms with van der Waals surface area (Å²) in [6.07, 6.45) is 1.54. The molecule has 3 rings (SSSR count). The lowest BCUT2D eigenvalue weighted by Gasteiger charge is -2.27. The smallest absolute Gasteiger partial charge is 0.139 e. The van der Waals surface area contributed by atoms with Crippen molar-refractivity contribution in [2.24, 2.45) is 0 Å². The van der Waals surface area contributed by atoms with Crippen LogP contribution in [-0.2, 0) is 11.3 Å². The predicted molar refractivity (Wildman–Crippen MR) is 69.5 cm³/mol. The molecule has 0 radical (unpaired) electrons. The summed E-state index contributed by atoms with van der Waals surface area (Å²) in [5.41, 5.74) is 1.89. The van der Waals surface area contributed by atoms with E-state index in [2.05, 4.69) is 9.88 Å². The Labute approximate surface area is 106 Å². The fourth-order valence-electron chi connectivity index (χ4n) is 2.34. The van der Waals surface area contributed by atoms with Crippen LogP contribution in [-0.4, -0.2) is 41.3 Å². The topological polar surface area (TPSA) is 45.6 Å². The van der Waals surface area contributed by atoms with E-state index in [1.54, 1.807) is 0 Å². The molecule has 1 aliphatic rings. The van der Waals surface area contributed by atoms with Gasteiger partial charge in [0.1, 0.15) is 5.75 Å². The van der Waals surface area contributed by atoms with Gasteiger partial charge in [-0.15, -0.1) is 0 Å². The average molecular weight is 244 g/mol. The van der Waals surface area contributed by atoms with E-state index in [4.69, 9.17) is 4.74 Å². The highest BCUT2D eigenvalue weighted by molar-refractivity contribution is 5.83. The van der Waals surface area contributed by atoms with Gasteiger partial charge in [0.15, 0.2) is 0 Å². The third kappa shape index (κ3) is 2.17. The van der Waals surface area contributed by atoms with E-state index in [-0.39, 0.29) is 5.75 Å². The molecule has 4 nitrogen and oxygen atoms in total. The van der Waals surface area contributed by atoms with Gasteiger partial charge in [0.25, 0.3) is 0 Å². The molecule has 4 heteroatoms. The Morgan fingerprint density at radius 3 is 2.83 bits per heavy atom. The van der Waals surface area contributed by atoms with Gasteiger partial charge in [-0.2, -0.15) is 0 Å². The number of hydrogen-bond donors (Lipinski definition) is 1. The lowest BCUT2D eigenvalue weighted by Crippen LogP contribution is -2.35. The molecule has 0 spiro atoms. The number of ether oxygens (including phenoxy) is 1. The number of para-hydroxylation sites is 1. The molecule has 0 aliphatic carbocycles. The van der Waals surface area contributed by atoms with Gasteiger partial charge in [-0.25, -0.2) is 0 Å². The van der Waals surface area contributed by atoms with E-state index in [1.165, 1.54) is 6.20 Å². The molecule has 2 aromatic rings. The molecule has 2 heterocycles. The fraction of sp³-hybridized carbons (Fsp3) is 0.357. The number of aromatic nitrogens is 1. The highest BCUT2D eigenvalue weighted by Crippen LogP contribution is 2.26. The average Bonchev–Trinajstić information content (AvgIpc) is 2.43. The monoisotopic (exact) mass is 244 g/mol. The molecule has 1 aliphatic heterocycles. The van der Waals surface area contributed by atoms with Crippen LogP contribution in [0, 0.1) is 0 Å². The maximum atomic E-state index is 10.0. The molecular formula is C14H16N2O2. The maximum absolute atomic E-state index is 10.0. The Hall–Kier alpha value is -1.65. The first-order valence-electron chi connectivity index (χ1n) is 6.20. The third-order valence-electron chi connectivity index (χ3n) is 3.35. The van der Waals surface area contributed by atoms with Crippen LogP contribution in [0.3, 0.4) is 0 Å². The lowest BCUT2D eigenvalue weighted by atomic mass is 10.1. The molecule has 1 aromatic heterocycles. The second kappa shape index (κ2) is 4.92. The van der Waals surface area contributed by atoms with Gasteiger partial charge in [0, 0.05) is 30.6 Å². The molecule has 0 bridgehead atoms. The normalized spacial score (nSPS) is 17.1. The van der Waals surface area contributed by atoms with Crippen molar-refractivity contribution < 1.29 is 9.84 Å². The van der Waals surface area contributed by atoms with Crippen molar-refractivity contribution in [3.05, 3.63) is 36.0 Å². The molecule has 1 N–H and O–H groups in total. The minimum Gasteiger partial charge on any atom is -0.506 e. The first kappa shape index (κ1) is 11.4. The summed E-state index contributed by atoms with van der Waals surface area (Å²) in [4.78, 5) is 6.54. The zero-order valence-electron chi connectivity index (χ0n) is 10.2. The Kier molecular flexibility index (Phi) is 3.13. The van der Waals surface area contributed by atoms with Crippen molar-refractivity contribution in [2.45, 2.75) is 6.54 Å². The van der Waals surface area contributed by atoms with Gasteiger partial charge in [0.05, 0.1) is 24.9 Å². The fourth-order valence-corrected chi connectivity index (χ4v) is 2.34. The molecule has 0 atom stereocenters. The minimum absolute atomic E-state index is 0.278. The van der Waals surface area contributed by atoms with Crippen LogP contribution >= 0.6 is 0 Å². The van der Waals surface area contributed by atoms with Gasteiger partial charge in [-0.05, 0) is 6.07 Å². The van der Waals surface area contributed by atoms with E-state index in [0.717, 1.165) is 49.3 Å². The van der Waals surface area contributed by atoms with Crippen LogP contribution in [0.4, 0.5) is 0 Å². The van der Waals surface area contributed by atoms with Crippen LogP contribution in [0.5, 0.6) is 5.75 Å². The molecule has 0 saturated carbocycles. The zero-order valence-corrected chi connectivity index (χ0v) is 10.2. The summed E-state index contributed by atoms with van der Waals surface area (Å²) in [5, 5.41) is 11.1. The molecule has 94 valence electrons. The predicted octanol–water partition coefficient (Wildman–Crippen LogP) is 1.77. The molecule has 0 amide bonds. The van der Waals surface area contributed by atoms with Crippen molar-refractivity contribution in [1.82, 2.24) is 9.88 Å². The van der Waals surface area contributed by atoms with Crippen molar-refractivity contribution in [3.63, 3.8) is 0 Å². The standard InChI is InChI=1S/C14H16N2O2/c17-14-9-15-13-4-2-1-3-11(13)12(14)10-16-5-7-18-8-6-16/h1-4,9,17H,5-8,10H2. The van der Waals surface area contributed by atoms with Gasteiger partial charge < -0.3 is 9.84 Å². The van der Waals surface area contributed by atoms with Crippen LogP contribution in [0.2, 0.25) is 0 Å². The third-order valence-corrected chi connectivity index (χ3v) is 3.35. The van der Waals surface area contributed by atoms with E-state index < -0.39 is 0 Å². The summed E-state index contributed by atoms with van der Waals surface area (Å²) in [7, 11) is 0. The van der Waals surface area contributed by atoms with E-state index in [9.17, 15) is 5.11 Å². The molecule has 1 fully saturated rings. The molecule has 1 saturated heterocycles. The van der Waals surface area contributed by atoms with Crippen molar-refractivity contribution in [3.8, 4) is 5.75 Å².